The first-order valence-electron chi connectivity index (χ1n) is 10.9. The van der Waals surface area contributed by atoms with Crippen LogP contribution >= 0.6 is 34.8 Å². The summed E-state index contributed by atoms with van der Waals surface area (Å²) in [5, 5.41) is 1.52. The third-order valence-corrected chi connectivity index (χ3v) is 7.05. The number of benzene rings is 1. The molecule has 4 rings (SSSR count). The van der Waals surface area contributed by atoms with E-state index in [2.05, 4.69) is 9.97 Å². The molecule has 0 radical (unpaired) electrons. The molecule has 0 saturated carbocycles. The molecule has 0 aliphatic carbocycles. The van der Waals surface area contributed by atoms with Crippen molar-refractivity contribution in [2.45, 2.75) is 18.9 Å². The highest BCUT2D eigenvalue weighted by Crippen LogP contribution is 2.38. The van der Waals surface area contributed by atoms with Gasteiger partial charge in [0.15, 0.2) is 0 Å². The molecule has 1 fully saturated rings. The molecule has 1 amide bonds. The van der Waals surface area contributed by atoms with E-state index in [-0.39, 0.29) is 23.8 Å². The van der Waals surface area contributed by atoms with Gasteiger partial charge < -0.3 is 14.5 Å². The molecule has 178 valence electrons. The van der Waals surface area contributed by atoms with E-state index in [1.807, 2.05) is 55.1 Å². The van der Waals surface area contributed by atoms with Crippen LogP contribution in [0.1, 0.15) is 28.8 Å². The number of halogens is 3. The predicted octanol–water partition coefficient (Wildman–Crippen LogP) is 5.83. The van der Waals surface area contributed by atoms with E-state index in [1.54, 1.807) is 30.6 Å². The number of rotatable bonds is 6. The summed E-state index contributed by atoms with van der Waals surface area (Å²) in [5.74, 6) is 1.23. The standard InChI is InChI=1S/C25H25Cl3N4O2/c1-15(34-24-9-6-18(26)12-30-24)19-13-32(14-20(19)16-4-7-21(27)22(28)10-16)25(33)17-5-8-23(29-11-17)31(2)3/h4-12,15,19-20H,13-14H2,1-3H3/t15-,19+,20+/m1/s1. The van der Waals surface area contributed by atoms with Crippen molar-refractivity contribution in [3.8, 4) is 5.88 Å². The second-order valence-corrected chi connectivity index (χ2v) is 9.84. The van der Waals surface area contributed by atoms with Crippen molar-refractivity contribution in [2.24, 2.45) is 5.92 Å². The van der Waals surface area contributed by atoms with Crippen LogP contribution in [0.15, 0.2) is 54.9 Å². The zero-order valence-corrected chi connectivity index (χ0v) is 21.3. The molecule has 3 atom stereocenters. The Morgan fingerprint density at radius 3 is 2.44 bits per heavy atom. The molecule has 0 bridgehead atoms. The molecule has 3 aromatic rings. The number of carbonyl (C=O) groups excluding carboxylic acids is 1. The van der Waals surface area contributed by atoms with Crippen LogP contribution in [-0.2, 0) is 0 Å². The lowest BCUT2D eigenvalue weighted by molar-refractivity contribution is 0.0769. The lowest BCUT2D eigenvalue weighted by Crippen LogP contribution is -2.32. The molecule has 2 aromatic heterocycles. The van der Waals surface area contributed by atoms with Crippen molar-refractivity contribution < 1.29 is 9.53 Å². The first-order valence-corrected chi connectivity index (χ1v) is 12.0. The van der Waals surface area contributed by atoms with E-state index in [0.29, 0.717) is 39.6 Å². The molecule has 6 nitrogen and oxygen atoms in total. The summed E-state index contributed by atoms with van der Waals surface area (Å²) in [6.45, 7) is 3.04. The van der Waals surface area contributed by atoms with Gasteiger partial charge in [-0.3, -0.25) is 4.79 Å². The van der Waals surface area contributed by atoms with Crippen LogP contribution in [0.25, 0.3) is 0 Å². The number of anilines is 1. The first kappa shape index (κ1) is 24.6. The maximum Gasteiger partial charge on any atom is 0.255 e. The van der Waals surface area contributed by atoms with Gasteiger partial charge in [0.1, 0.15) is 11.9 Å². The second kappa shape index (κ2) is 10.4. The third kappa shape index (κ3) is 5.40. The van der Waals surface area contributed by atoms with Crippen LogP contribution in [0.2, 0.25) is 15.1 Å². The topological polar surface area (TPSA) is 58.6 Å². The van der Waals surface area contributed by atoms with E-state index >= 15 is 0 Å². The van der Waals surface area contributed by atoms with E-state index in [1.165, 1.54) is 0 Å². The Morgan fingerprint density at radius 1 is 1.03 bits per heavy atom. The molecule has 1 saturated heterocycles. The number of likely N-dealkylation sites (tertiary alicyclic amines) is 1. The summed E-state index contributed by atoms with van der Waals surface area (Å²) in [6.07, 6.45) is 2.95. The number of nitrogens with zero attached hydrogens (tertiary/aromatic N) is 4. The zero-order valence-electron chi connectivity index (χ0n) is 19.1. The second-order valence-electron chi connectivity index (χ2n) is 8.59. The molecule has 9 heteroatoms. The lowest BCUT2D eigenvalue weighted by atomic mass is 9.86. The maximum atomic E-state index is 13.3. The van der Waals surface area contributed by atoms with Crippen molar-refractivity contribution in [1.82, 2.24) is 14.9 Å². The number of ether oxygens (including phenoxy) is 1. The highest BCUT2D eigenvalue weighted by Gasteiger charge is 2.40. The van der Waals surface area contributed by atoms with Crippen LogP contribution in [0.5, 0.6) is 5.88 Å². The Kier molecular flexibility index (Phi) is 7.51. The maximum absolute atomic E-state index is 13.3. The van der Waals surface area contributed by atoms with Crippen molar-refractivity contribution >= 4 is 46.5 Å². The van der Waals surface area contributed by atoms with Crippen molar-refractivity contribution in [3.05, 3.63) is 81.1 Å². The molecule has 34 heavy (non-hydrogen) atoms. The molecule has 0 unspecified atom stereocenters. The van der Waals surface area contributed by atoms with Gasteiger partial charge in [-0.15, -0.1) is 0 Å². The summed E-state index contributed by atoms with van der Waals surface area (Å²) in [6, 6.07) is 12.7. The molecule has 1 aliphatic heterocycles. The van der Waals surface area contributed by atoms with E-state index in [0.717, 1.165) is 11.4 Å². The number of amides is 1. The monoisotopic (exact) mass is 518 g/mol. The van der Waals surface area contributed by atoms with Gasteiger partial charge in [-0.25, -0.2) is 9.97 Å². The van der Waals surface area contributed by atoms with Gasteiger partial charge in [-0.2, -0.15) is 0 Å². The van der Waals surface area contributed by atoms with Crippen LogP contribution < -0.4 is 9.64 Å². The Morgan fingerprint density at radius 2 is 1.82 bits per heavy atom. The molecule has 1 aromatic carbocycles. The Labute approximate surface area is 214 Å². The minimum absolute atomic E-state index is 0.00711. The quantitative estimate of drug-likeness (QED) is 0.410. The van der Waals surface area contributed by atoms with Crippen LogP contribution in [-0.4, -0.2) is 54.1 Å². The van der Waals surface area contributed by atoms with Crippen LogP contribution in [0.4, 0.5) is 5.82 Å². The van der Waals surface area contributed by atoms with Crippen molar-refractivity contribution in [3.63, 3.8) is 0 Å². The lowest BCUT2D eigenvalue weighted by Gasteiger charge is -2.25. The van der Waals surface area contributed by atoms with Crippen molar-refractivity contribution in [2.75, 3.05) is 32.1 Å². The van der Waals surface area contributed by atoms with Crippen LogP contribution in [0, 0.1) is 5.92 Å². The smallest absolute Gasteiger partial charge is 0.255 e. The van der Waals surface area contributed by atoms with E-state index in [9.17, 15) is 4.79 Å². The zero-order chi connectivity index (χ0) is 24.4. The highest BCUT2D eigenvalue weighted by atomic mass is 35.5. The molecule has 0 N–H and O–H groups in total. The van der Waals surface area contributed by atoms with Crippen LogP contribution in [0.3, 0.4) is 0 Å². The summed E-state index contributed by atoms with van der Waals surface area (Å²) in [7, 11) is 3.82. The number of aromatic nitrogens is 2. The first-order chi connectivity index (χ1) is 16.2. The summed E-state index contributed by atoms with van der Waals surface area (Å²) in [5.41, 5.74) is 1.56. The van der Waals surface area contributed by atoms with Gasteiger partial charge in [-0.05, 0) is 42.8 Å². The number of hydrogen-bond acceptors (Lipinski definition) is 5. The SMILES string of the molecule is C[C@@H](Oc1ccc(Cl)cn1)[C@@H]1CN(C(=O)c2ccc(N(C)C)nc2)C[C@H]1c1ccc(Cl)c(Cl)c1. The fourth-order valence-electron chi connectivity index (χ4n) is 4.24. The summed E-state index contributed by atoms with van der Waals surface area (Å²) >= 11 is 18.4. The molecule has 0 spiro atoms. The largest absolute Gasteiger partial charge is 0.474 e. The van der Waals surface area contributed by atoms with Gasteiger partial charge in [0.05, 0.1) is 20.6 Å². The molecule has 3 heterocycles. The van der Waals surface area contributed by atoms with Crippen molar-refractivity contribution in [1.29, 1.82) is 0 Å². The van der Waals surface area contributed by atoms with Gasteiger partial charge in [0.25, 0.3) is 5.91 Å². The average molecular weight is 520 g/mol. The van der Waals surface area contributed by atoms with Gasteiger partial charge in [0, 0.05) is 57.5 Å². The fraction of sp³-hybridized carbons (Fsp3) is 0.320. The van der Waals surface area contributed by atoms with Gasteiger partial charge in [0.2, 0.25) is 5.88 Å². The normalized spacial score (nSPS) is 18.6. The summed E-state index contributed by atoms with van der Waals surface area (Å²) in [4.78, 5) is 25.7. The Hall–Kier alpha value is -2.54. The Bertz CT molecular complexity index is 1160. The fourth-order valence-corrected chi connectivity index (χ4v) is 4.65. The molecular weight excluding hydrogens is 495 g/mol. The molecular formula is C25H25Cl3N4O2. The van der Waals surface area contributed by atoms with Gasteiger partial charge in [-0.1, -0.05) is 40.9 Å². The van der Waals surface area contributed by atoms with E-state index in [4.69, 9.17) is 39.5 Å². The average Bonchev–Trinajstić information content (AvgIpc) is 3.27. The summed E-state index contributed by atoms with van der Waals surface area (Å²) < 4.78 is 6.15. The number of pyridine rings is 2. The van der Waals surface area contributed by atoms with E-state index < -0.39 is 0 Å². The van der Waals surface area contributed by atoms with Gasteiger partial charge >= 0.3 is 0 Å². The minimum atomic E-state index is -0.222. The Balaban J connectivity index is 1.59. The number of carbonyl (C=O) groups is 1. The predicted molar refractivity (Wildman–Crippen MR) is 136 cm³/mol. The molecule has 1 aliphatic rings. The third-order valence-electron chi connectivity index (χ3n) is 6.09. The highest BCUT2D eigenvalue weighted by molar-refractivity contribution is 6.42. The number of hydrogen-bond donors (Lipinski definition) is 0. The minimum Gasteiger partial charge on any atom is -0.474 e.